The van der Waals surface area contributed by atoms with Gasteiger partial charge < -0.3 is 9.64 Å². The van der Waals surface area contributed by atoms with E-state index in [9.17, 15) is 0 Å². The summed E-state index contributed by atoms with van der Waals surface area (Å²) in [6, 6.07) is 17.3. The maximum atomic E-state index is 6.09. The van der Waals surface area contributed by atoms with Crippen LogP contribution in [0.2, 0.25) is 0 Å². The van der Waals surface area contributed by atoms with Crippen LogP contribution in [-0.2, 0) is 12.8 Å². The fraction of sp³-hybridized carbons (Fsp3) is 0.478. The van der Waals surface area contributed by atoms with E-state index in [1.807, 2.05) is 0 Å². The Hall–Kier alpha value is -2.00. The molecule has 0 atom stereocenters. The van der Waals surface area contributed by atoms with Gasteiger partial charge in [0.2, 0.25) is 0 Å². The van der Waals surface area contributed by atoms with Crippen molar-refractivity contribution in [3.05, 3.63) is 59.7 Å². The molecule has 0 aromatic heterocycles. The van der Waals surface area contributed by atoms with Gasteiger partial charge in [0.05, 0.1) is 6.61 Å². The van der Waals surface area contributed by atoms with E-state index >= 15 is 0 Å². The first-order valence-electron chi connectivity index (χ1n) is 10.2. The van der Waals surface area contributed by atoms with Crippen LogP contribution in [0.3, 0.4) is 0 Å². The van der Waals surface area contributed by atoms with Gasteiger partial charge in [0.15, 0.2) is 0 Å². The Balaban J connectivity index is 1.14. The Morgan fingerprint density at radius 2 is 1.65 bits per heavy atom. The minimum Gasteiger partial charge on any atom is -0.493 e. The zero-order chi connectivity index (χ0) is 17.6. The fourth-order valence-corrected chi connectivity index (χ4v) is 4.21. The van der Waals surface area contributed by atoms with E-state index in [0.717, 1.165) is 31.9 Å². The topological polar surface area (TPSA) is 15.7 Å². The molecule has 0 N–H and O–H groups in total. The van der Waals surface area contributed by atoms with Crippen molar-refractivity contribution in [2.45, 2.75) is 32.1 Å². The van der Waals surface area contributed by atoms with E-state index in [2.05, 4.69) is 58.3 Å². The van der Waals surface area contributed by atoms with E-state index in [1.165, 1.54) is 62.1 Å². The third-order valence-corrected chi connectivity index (χ3v) is 5.72. The van der Waals surface area contributed by atoms with Gasteiger partial charge in [0.25, 0.3) is 0 Å². The number of hydrogen-bond acceptors (Lipinski definition) is 3. The normalized spacial score (nSPS) is 17.3. The third-order valence-electron chi connectivity index (χ3n) is 5.72. The number of para-hydroxylation sites is 1. The lowest BCUT2D eigenvalue weighted by Crippen LogP contribution is -2.46. The minimum absolute atomic E-state index is 0.848. The predicted molar refractivity (Wildman–Crippen MR) is 108 cm³/mol. The average molecular weight is 351 g/mol. The van der Waals surface area contributed by atoms with Crippen molar-refractivity contribution in [2.24, 2.45) is 0 Å². The summed E-state index contributed by atoms with van der Waals surface area (Å²) in [6.07, 6.45) is 6.06. The maximum absolute atomic E-state index is 6.09. The Bertz CT molecular complexity index is 693. The van der Waals surface area contributed by atoms with Gasteiger partial charge in [0, 0.05) is 31.9 Å². The zero-order valence-electron chi connectivity index (χ0n) is 15.7. The highest BCUT2D eigenvalue weighted by atomic mass is 16.5. The van der Waals surface area contributed by atoms with Crippen molar-refractivity contribution in [3.63, 3.8) is 0 Å². The lowest BCUT2D eigenvalue weighted by atomic mass is 10.1. The van der Waals surface area contributed by atoms with Crippen molar-refractivity contribution in [1.82, 2.24) is 4.90 Å². The highest BCUT2D eigenvalue weighted by Crippen LogP contribution is 2.30. The van der Waals surface area contributed by atoms with Gasteiger partial charge in [-0.3, -0.25) is 4.90 Å². The minimum atomic E-state index is 0.848. The van der Waals surface area contributed by atoms with Gasteiger partial charge in [0.1, 0.15) is 5.75 Å². The number of anilines is 1. The number of ether oxygens (including phenoxy) is 1. The van der Waals surface area contributed by atoms with E-state index in [-0.39, 0.29) is 0 Å². The summed E-state index contributed by atoms with van der Waals surface area (Å²) in [6.45, 7) is 6.65. The molecule has 3 heteroatoms. The molecule has 2 aliphatic rings. The second kappa shape index (κ2) is 8.59. The standard InChI is InChI=1S/C23H30N2O/c1-2-10-21(11-3-1)25-17-15-24(16-18-25)14-4-5-19-26-23-13-7-9-20-8-6-12-22(20)23/h1-3,7,9-11,13H,4-6,8,12,14-19H2. The summed E-state index contributed by atoms with van der Waals surface area (Å²) >= 11 is 0. The summed E-state index contributed by atoms with van der Waals surface area (Å²) in [5.74, 6) is 1.14. The molecule has 3 nitrogen and oxygen atoms in total. The smallest absolute Gasteiger partial charge is 0.122 e. The first-order chi connectivity index (χ1) is 12.9. The Morgan fingerprint density at radius 1 is 0.808 bits per heavy atom. The maximum Gasteiger partial charge on any atom is 0.122 e. The van der Waals surface area contributed by atoms with Gasteiger partial charge >= 0.3 is 0 Å². The van der Waals surface area contributed by atoms with Crippen molar-refractivity contribution in [2.75, 3.05) is 44.2 Å². The molecule has 2 aromatic rings. The van der Waals surface area contributed by atoms with Crippen molar-refractivity contribution >= 4 is 5.69 Å². The van der Waals surface area contributed by atoms with Crippen LogP contribution in [0.25, 0.3) is 0 Å². The first kappa shape index (κ1) is 17.4. The molecule has 0 amide bonds. The molecule has 1 heterocycles. The van der Waals surface area contributed by atoms with E-state index < -0.39 is 0 Å². The summed E-state index contributed by atoms with van der Waals surface area (Å²) in [4.78, 5) is 5.09. The molecule has 0 unspecified atom stereocenters. The number of aryl methyl sites for hydroxylation is 1. The van der Waals surface area contributed by atoms with Gasteiger partial charge in [-0.2, -0.15) is 0 Å². The molecule has 1 fully saturated rings. The van der Waals surface area contributed by atoms with Crippen LogP contribution < -0.4 is 9.64 Å². The highest BCUT2D eigenvalue weighted by Gasteiger charge is 2.17. The molecule has 0 saturated carbocycles. The Labute approximate surface area is 157 Å². The quantitative estimate of drug-likeness (QED) is 0.698. The number of benzene rings is 2. The third kappa shape index (κ3) is 4.21. The average Bonchev–Trinajstić information content (AvgIpc) is 3.19. The number of fused-ring (bicyclic) bond motifs is 1. The highest BCUT2D eigenvalue weighted by molar-refractivity contribution is 5.46. The SMILES string of the molecule is c1ccc(N2CCN(CCCCOc3cccc4c3CCC4)CC2)cc1. The second-order valence-electron chi connectivity index (χ2n) is 7.47. The van der Waals surface area contributed by atoms with E-state index in [4.69, 9.17) is 4.74 Å². The number of piperazine rings is 1. The van der Waals surface area contributed by atoms with Crippen LogP contribution in [0.1, 0.15) is 30.4 Å². The molecule has 26 heavy (non-hydrogen) atoms. The van der Waals surface area contributed by atoms with Gasteiger partial charge in [-0.1, -0.05) is 30.3 Å². The molecule has 1 aliphatic heterocycles. The molecule has 138 valence electrons. The Morgan fingerprint density at radius 3 is 2.50 bits per heavy atom. The number of hydrogen-bond donors (Lipinski definition) is 0. The van der Waals surface area contributed by atoms with Crippen LogP contribution in [0, 0.1) is 0 Å². The van der Waals surface area contributed by atoms with Gasteiger partial charge in [-0.05, 0) is 68.0 Å². The molecule has 4 rings (SSSR count). The summed E-state index contributed by atoms with van der Waals surface area (Å²) in [7, 11) is 0. The lowest BCUT2D eigenvalue weighted by molar-refractivity contribution is 0.238. The van der Waals surface area contributed by atoms with Crippen LogP contribution in [0.5, 0.6) is 5.75 Å². The molecule has 0 radical (unpaired) electrons. The molecular formula is C23H30N2O. The first-order valence-corrected chi connectivity index (χ1v) is 10.2. The Kier molecular flexibility index (Phi) is 5.75. The zero-order valence-corrected chi connectivity index (χ0v) is 15.7. The number of unbranched alkanes of at least 4 members (excludes halogenated alkanes) is 1. The summed E-state index contributed by atoms with van der Waals surface area (Å²) < 4.78 is 6.09. The monoisotopic (exact) mass is 350 g/mol. The van der Waals surface area contributed by atoms with Crippen LogP contribution in [0.15, 0.2) is 48.5 Å². The molecule has 0 bridgehead atoms. The number of rotatable bonds is 7. The van der Waals surface area contributed by atoms with Crippen molar-refractivity contribution < 1.29 is 4.74 Å². The predicted octanol–water partition coefficient (Wildman–Crippen LogP) is 4.16. The molecule has 0 spiro atoms. The largest absolute Gasteiger partial charge is 0.493 e. The molecular weight excluding hydrogens is 320 g/mol. The molecule has 1 saturated heterocycles. The van der Waals surface area contributed by atoms with Crippen molar-refractivity contribution in [3.8, 4) is 5.75 Å². The van der Waals surface area contributed by atoms with Crippen LogP contribution in [-0.4, -0.2) is 44.2 Å². The van der Waals surface area contributed by atoms with E-state index in [0.29, 0.717) is 0 Å². The van der Waals surface area contributed by atoms with E-state index in [1.54, 1.807) is 0 Å². The lowest BCUT2D eigenvalue weighted by Gasteiger charge is -2.36. The van der Waals surface area contributed by atoms with Gasteiger partial charge in [-0.15, -0.1) is 0 Å². The molecule has 2 aromatic carbocycles. The number of nitrogens with zero attached hydrogens (tertiary/aromatic N) is 2. The van der Waals surface area contributed by atoms with Gasteiger partial charge in [-0.25, -0.2) is 0 Å². The fourth-order valence-electron chi connectivity index (χ4n) is 4.21. The van der Waals surface area contributed by atoms with Crippen LogP contribution >= 0.6 is 0 Å². The summed E-state index contributed by atoms with van der Waals surface area (Å²) in [5, 5.41) is 0. The second-order valence-corrected chi connectivity index (χ2v) is 7.47. The van der Waals surface area contributed by atoms with Crippen LogP contribution in [0.4, 0.5) is 5.69 Å². The summed E-state index contributed by atoms with van der Waals surface area (Å²) in [5.41, 5.74) is 4.32. The van der Waals surface area contributed by atoms with Crippen molar-refractivity contribution in [1.29, 1.82) is 0 Å². The molecule has 1 aliphatic carbocycles.